The van der Waals surface area contributed by atoms with Crippen molar-refractivity contribution in [2.24, 2.45) is 5.73 Å². The lowest BCUT2D eigenvalue weighted by atomic mass is 10.1. The molecule has 0 aliphatic heterocycles. The molecule has 10 heteroatoms. The highest BCUT2D eigenvalue weighted by atomic mass is 16.5. The number of amides is 3. The summed E-state index contributed by atoms with van der Waals surface area (Å²) in [5.74, 6) is -1.52. The first kappa shape index (κ1) is 22.7. The van der Waals surface area contributed by atoms with E-state index in [0.717, 1.165) is 10.9 Å². The number of aliphatic carboxylic acids is 1. The maximum absolute atomic E-state index is 12.4. The molecule has 2 aromatic rings. The molecule has 0 fully saturated rings. The van der Waals surface area contributed by atoms with Gasteiger partial charge < -0.3 is 30.6 Å². The zero-order valence-corrected chi connectivity index (χ0v) is 17.0. The first-order valence-electron chi connectivity index (χ1n) is 9.37. The summed E-state index contributed by atoms with van der Waals surface area (Å²) in [5.41, 5.74) is 6.15. The van der Waals surface area contributed by atoms with Crippen LogP contribution in [-0.4, -0.2) is 41.7 Å². The molecule has 2 atom stereocenters. The summed E-state index contributed by atoms with van der Waals surface area (Å²) in [6, 6.07) is 3.04. The number of aryl methyl sites for hydroxylation is 1. The van der Waals surface area contributed by atoms with Gasteiger partial charge in [0.2, 0.25) is 0 Å². The molecular formula is C20H25N3O7. The molecule has 10 nitrogen and oxygen atoms in total. The highest BCUT2D eigenvalue weighted by molar-refractivity contribution is 5.86. The number of rotatable bonds is 9. The average molecular weight is 419 g/mol. The molecule has 0 saturated heterocycles. The number of carbonyl (C=O) groups excluding carboxylic acids is 2. The van der Waals surface area contributed by atoms with Gasteiger partial charge in [-0.3, -0.25) is 4.79 Å². The van der Waals surface area contributed by atoms with Crippen LogP contribution in [0.1, 0.15) is 30.9 Å². The quantitative estimate of drug-likeness (QED) is 0.351. The van der Waals surface area contributed by atoms with Gasteiger partial charge in [-0.05, 0) is 51.3 Å². The van der Waals surface area contributed by atoms with Gasteiger partial charge in [0.05, 0.1) is 0 Å². The average Bonchev–Trinajstić information content (AvgIpc) is 2.67. The number of primary amides is 1. The molecule has 0 aliphatic carbocycles. The van der Waals surface area contributed by atoms with E-state index in [4.69, 9.17) is 14.9 Å². The van der Waals surface area contributed by atoms with E-state index in [9.17, 15) is 24.3 Å². The Labute approximate surface area is 172 Å². The van der Waals surface area contributed by atoms with Crippen molar-refractivity contribution < 1.29 is 28.6 Å². The van der Waals surface area contributed by atoms with Gasteiger partial charge >= 0.3 is 17.6 Å². The summed E-state index contributed by atoms with van der Waals surface area (Å²) in [7, 11) is 0. The van der Waals surface area contributed by atoms with E-state index in [1.807, 2.05) is 6.92 Å². The Morgan fingerprint density at radius 2 is 1.93 bits per heavy atom. The SMILES string of the molecule is Cc1c(C)c2ccc(O[C@H](C)C(=O)N[C@@H](CCCNC(N)=O)C(=O)O)cc2oc1=O. The molecule has 162 valence electrons. The molecule has 0 saturated carbocycles. The van der Waals surface area contributed by atoms with E-state index in [0.29, 0.717) is 23.3 Å². The molecule has 1 heterocycles. The van der Waals surface area contributed by atoms with E-state index in [1.165, 1.54) is 13.0 Å². The van der Waals surface area contributed by atoms with Crippen LogP contribution in [0.5, 0.6) is 5.75 Å². The summed E-state index contributed by atoms with van der Waals surface area (Å²) < 4.78 is 10.9. The van der Waals surface area contributed by atoms with Crippen LogP contribution in [0.4, 0.5) is 4.79 Å². The smallest absolute Gasteiger partial charge is 0.339 e. The first-order chi connectivity index (χ1) is 14.1. The second-order valence-electron chi connectivity index (χ2n) is 6.89. The normalized spacial score (nSPS) is 12.8. The van der Waals surface area contributed by atoms with Gasteiger partial charge in [0.25, 0.3) is 5.91 Å². The number of nitrogens with one attached hydrogen (secondary N) is 2. The largest absolute Gasteiger partial charge is 0.481 e. The van der Waals surface area contributed by atoms with Gasteiger partial charge in [-0.1, -0.05) is 0 Å². The Morgan fingerprint density at radius 1 is 1.23 bits per heavy atom. The molecule has 0 aliphatic rings. The first-order valence-corrected chi connectivity index (χ1v) is 9.37. The summed E-state index contributed by atoms with van der Waals surface area (Å²) in [6.45, 7) is 5.17. The number of nitrogens with two attached hydrogens (primary N) is 1. The maximum atomic E-state index is 12.4. The molecule has 2 rings (SSSR count). The third kappa shape index (κ3) is 5.72. The lowest BCUT2D eigenvalue weighted by Gasteiger charge is -2.19. The third-order valence-corrected chi connectivity index (χ3v) is 4.69. The van der Waals surface area contributed by atoms with Gasteiger partial charge in [0.15, 0.2) is 6.10 Å². The number of carboxylic acids is 1. The topological polar surface area (TPSA) is 161 Å². The van der Waals surface area contributed by atoms with Crippen LogP contribution in [0.2, 0.25) is 0 Å². The molecular weight excluding hydrogens is 394 g/mol. The van der Waals surface area contributed by atoms with Crippen LogP contribution in [0.25, 0.3) is 11.0 Å². The van der Waals surface area contributed by atoms with E-state index in [2.05, 4.69) is 10.6 Å². The number of carboxylic acid groups (broad SMARTS) is 1. The predicted octanol–water partition coefficient (Wildman–Crippen LogP) is 1.20. The Kier molecular flexibility index (Phi) is 7.40. The Morgan fingerprint density at radius 3 is 2.57 bits per heavy atom. The summed E-state index contributed by atoms with van der Waals surface area (Å²) in [4.78, 5) is 46.2. The number of hydrogen-bond acceptors (Lipinski definition) is 6. The summed E-state index contributed by atoms with van der Waals surface area (Å²) in [6.07, 6.45) is -0.572. The zero-order valence-electron chi connectivity index (χ0n) is 17.0. The Hall–Kier alpha value is -3.56. The zero-order chi connectivity index (χ0) is 22.4. The van der Waals surface area contributed by atoms with Gasteiger partial charge in [0.1, 0.15) is 17.4 Å². The molecule has 1 aromatic carbocycles. The van der Waals surface area contributed by atoms with Crippen molar-refractivity contribution in [3.8, 4) is 5.75 Å². The van der Waals surface area contributed by atoms with Crippen LogP contribution in [0.15, 0.2) is 27.4 Å². The number of ether oxygens (including phenoxy) is 1. The monoisotopic (exact) mass is 419 g/mol. The number of urea groups is 1. The van der Waals surface area contributed by atoms with Gasteiger partial charge in [0, 0.05) is 23.6 Å². The highest BCUT2D eigenvalue weighted by Crippen LogP contribution is 2.24. The molecule has 30 heavy (non-hydrogen) atoms. The third-order valence-electron chi connectivity index (χ3n) is 4.69. The number of fused-ring (bicyclic) bond motifs is 1. The fraction of sp³-hybridized carbons (Fsp3) is 0.400. The Bertz CT molecular complexity index is 1020. The van der Waals surface area contributed by atoms with Crippen molar-refractivity contribution in [2.45, 2.75) is 45.8 Å². The van der Waals surface area contributed by atoms with Gasteiger partial charge in [-0.25, -0.2) is 14.4 Å². The lowest BCUT2D eigenvalue weighted by molar-refractivity contribution is -0.143. The van der Waals surface area contributed by atoms with Gasteiger partial charge in [-0.15, -0.1) is 0 Å². The number of hydrogen-bond donors (Lipinski definition) is 4. The Balaban J connectivity index is 2.03. The predicted molar refractivity (Wildman–Crippen MR) is 108 cm³/mol. The van der Waals surface area contributed by atoms with Crippen molar-refractivity contribution in [2.75, 3.05) is 6.54 Å². The van der Waals surface area contributed by atoms with Crippen molar-refractivity contribution in [1.82, 2.24) is 10.6 Å². The summed E-state index contributed by atoms with van der Waals surface area (Å²) in [5, 5.41) is 14.8. The number of carbonyl (C=O) groups is 3. The minimum absolute atomic E-state index is 0.105. The van der Waals surface area contributed by atoms with E-state index in [1.54, 1.807) is 19.1 Å². The van der Waals surface area contributed by atoms with Crippen LogP contribution in [0.3, 0.4) is 0 Å². The molecule has 1 aromatic heterocycles. The minimum atomic E-state index is -1.20. The second-order valence-corrected chi connectivity index (χ2v) is 6.89. The molecule has 0 unspecified atom stereocenters. The van der Waals surface area contributed by atoms with Crippen molar-refractivity contribution in [3.05, 3.63) is 39.7 Å². The standard InChI is InChI=1S/C20H25N3O7/c1-10-11(2)19(27)30-16-9-13(6-7-14(10)16)29-12(3)17(24)23-15(18(25)26)5-4-8-22-20(21)28/h6-7,9,12,15H,4-5,8H2,1-3H3,(H,23,24)(H,25,26)(H3,21,22,28)/t12-,15+/m1/s1. The van der Waals surface area contributed by atoms with Crippen molar-refractivity contribution >= 4 is 28.9 Å². The highest BCUT2D eigenvalue weighted by Gasteiger charge is 2.24. The van der Waals surface area contributed by atoms with Crippen LogP contribution in [0, 0.1) is 13.8 Å². The molecule has 0 bridgehead atoms. The number of benzene rings is 1. The molecule has 5 N–H and O–H groups in total. The van der Waals surface area contributed by atoms with Crippen molar-refractivity contribution in [3.63, 3.8) is 0 Å². The fourth-order valence-corrected chi connectivity index (χ4v) is 2.82. The van der Waals surface area contributed by atoms with E-state index >= 15 is 0 Å². The van der Waals surface area contributed by atoms with Crippen LogP contribution < -0.4 is 26.7 Å². The van der Waals surface area contributed by atoms with Gasteiger partial charge in [-0.2, -0.15) is 0 Å². The van der Waals surface area contributed by atoms with Crippen molar-refractivity contribution in [1.29, 1.82) is 0 Å². The van der Waals surface area contributed by atoms with E-state index < -0.39 is 35.7 Å². The lowest BCUT2D eigenvalue weighted by Crippen LogP contribution is -2.46. The van der Waals surface area contributed by atoms with Crippen LogP contribution >= 0.6 is 0 Å². The molecule has 0 spiro atoms. The second kappa shape index (κ2) is 9.77. The maximum Gasteiger partial charge on any atom is 0.339 e. The summed E-state index contributed by atoms with van der Waals surface area (Å²) >= 11 is 0. The van der Waals surface area contributed by atoms with Crippen LogP contribution in [-0.2, 0) is 9.59 Å². The minimum Gasteiger partial charge on any atom is -0.481 e. The molecule has 3 amide bonds. The molecule has 0 radical (unpaired) electrons. The van der Waals surface area contributed by atoms with E-state index in [-0.39, 0.29) is 13.0 Å². The fourth-order valence-electron chi connectivity index (χ4n) is 2.82.